The summed E-state index contributed by atoms with van der Waals surface area (Å²) in [5.74, 6) is -0.118. The molecule has 0 bridgehead atoms. The minimum Gasteiger partial charge on any atom is -0.508 e. The van der Waals surface area contributed by atoms with Gasteiger partial charge in [-0.25, -0.2) is 4.79 Å². The van der Waals surface area contributed by atoms with E-state index in [1.165, 1.54) is 6.08 Å². The standard InChI is InChI=1S/C15H20O3/c1-5-18-15(17)12-6-7-14(16)9-13(8-12)11(4)10(2)3/h6-9,11,13,16H,2,5H2,1,3-4H3. The summed E-state index contributed by atoms with van der Waals surface area (Å²) in [6.45, 7) is 9.97. The molecule has 0 aromatic heterocycles. The summed E-state index contributed by atoms with van der Waals surface area (Å²) in [7, 11) is 0. The number of rotatable bonds is 4. The molecule has 98 valence electrons. The van der Waals surface area contributed by atoms with Crippen LogP contribution in [-0.2, 0) is 9.53 Å². The lowest BCUT2D eigenvalue weighted by molar-refractivity contribution is -0.138. The fourth-order valence-corrected chi connectivity index (χ4v) is 1.71. The molecule has 1 rings (SSSR count). The predicted molar refractivity (Wildman–Crippen MR) is 72.0 cm³/mol. The Bertz CT molecular complexity index is 427. The third-order valence-electron chi connectivity index (χ3n) is 3.03. The Kier molecular flexibility index (Phi) is 4.95. The number of carbonyl (C=O) groups is 1. The number of aliphatic hydroxyl groups is 1. The van der Waals surface area contributed by atoms with Gasteiger partial charge in [0.1, 0.15) is 5.76 Å². The molecule has 0 saturated heterocycles. The normalized spacial score (nSPS) is 20.5. The van der Waals surface area contributed by atoms with Crippen molar-refractivity contribution in [2.75, 3.05) is 6.61 Å². The van der Waals surface area contributed by atoms with Crippen molar-refractivity contribution in [3.05, 3.63) is 47.8 Å². The highest BCUT2D eigenvalue weighted by molar-refractivity contribution is 5.91. The van der Waals surface area contributed by atoms with Crippen LogP contribution in [0.5, 0.6) is 0 Å². The molecule has 1 aliphatic carbocycles. The van der Waals surface area contributed by atoms with Crippen LogP contribution in [0.15, 0.2) is 47.8 Å². The van der Waals surface area contributed by atoms with Crippen LogP contribution in [0.2, 0.25) is 0 Å². The SMILES string of the molecule is C=C(C)C(C)C1C=C(O)C=CC(C(=O)OCC)=C1. The molecule has 0 amide bonds. The Morgan fingerprint density at radius 1 is 1.50 bits per heavy atom. The minimum atomic E-state index is -0.365. The average Bonchev–Trinajstić information content (AvgIpc) is 2.50. The maximum atomic E-state index is 11.7. The minimum absolute atomic E-state index is 0.0584. The largest absolute Gasteiger partial charge is 0.508 e. The second kappa shape index (κ2) is 6.24. The van der Waals surface area contributed by atoms with Crippen molar-refractivity contribution in [2.24, 2.45) is 11.8 Å². The van der Waals surface area contributed by atoms with Crippen molar-refractivity contribution in [3.8, 4) is 0 Å². The lowest BCUT2D eigenvalue weighted by atomic mass is 9.87. The number of allylic oxidation sites excluding steroid dienone is 4. The topological polar surface area (TPSA) is 46.5 Å². The smallest absolute Gasteiger partial charge is 0.337 e. The van der Waals surface area contributed by atoms with Crippen molar-refractivity contribution < 1.29 is 14.6 Å². The van der Waals surface area contributed by atoms with Crippen LogP contribution in [0.4, 0.5) is 0 Å². The van der Waals surface area contributed by atoms with Gasteiger partial charge in [0.15, 0.2) is 0 Å². The van der Waals surface area contributed by atoms with Crippen LogP contribution >= 0.6 is 0 Å². The molecule has 0 aromatic carbocycles. The van der Waals surface area contributed by atoms with Gasteiger partial charge < -0.3 is 9.84 Å². The molecule has 0 heterocycles. The Balaban J connectivity index is 3.02. The van der Waals surface area contributed by atoms with E-state index in [0.717, 1.165) is 5.57 Å². The van der Waals surface area contributed by atoms with Crippen LogP contribution in [0, 0.1) is 11.8 Å². The Morgan fingerprint density at radius 3 is 2.72 bits per heavy atom. The quantitative estimate of drug-likeness (QED) is 0.613. The van der Waals surface area contributed by atoms with Gasteiger partial charge in [-0.2, -0.15) is 0 Å². The van der Waals surface area contributed by atoms with Crippen LogP contribution in [0.1, 0.15) is 20.8 Å². The second-order valence-electron chi connectivity index (χ2n) is 4.48. The summed E-state index contributed by atoms with van der Waals surface area (Å²) >= 11 is 0. The fourth-order valence-electron chi connectivity index (χ4n) is 1.71. The molecule has 0 radical (unpaired) electrons. The monoisotopic (exact) mass is 248 g/mol. The van der Waals surface area contributed by atoms with E-state index in [9.17, 15) is 9.90 Å². The van der Waals surface area contributed by atoms with Gasteiger partial charge in [0.2, 0.25) is 0 Å². The van der Waals surface area contributed by atoms with Crippen molar-refractivity contribution in [1.29, 1.82) is 0 Å². The van der Waals surface area contributed by atoms with E-state index >= 15 is 0 Å². The first-order chi connectivity index (χ1) is 8.45. The molecule has 18 heavy (non-hydrogen) atoms. The molecular weight excluding hydrogens is 228 g/mol. The summed E-state index contributed by atoms with van der Waals surface area (Å²) in [6, 6.07) is 0. The molecule has 2 unspecified atom stereocenters. The lowest BCUT2D eigenvalue weighted by Gasteiger charge is -2.18. The van der Waals surface area contributed by atoms with Gasteiger partial charge in [-0.05, 0) is 38.0 Å². The number of ether oxygens (including phenoxy) is 1. The first-order valence-corrected chi connectivity index (χ1v) is 6.09. The molecule has 0 aromatic rings. The summed E-state index contributed by atoms with van der Waals surface area (Å²) in [5.41, 5.74) is 1.47. The third kappa shape index (κ3) is 3.62. The number of aliphatic hydroxyl groups excluding tert-OH is 1. The molecule has 0 saturated carbocycles. The molecule has 3 heteroatoms. The third-order valence-corrected chi connectivity index (χ3v) is 3.03. The van der Waals surface area contributed by atoms with Crippen LogP contribution in [0.25, 0.3) is 0 Å². The molecule has 0 fully saturated rings. The van der Waals surface area contributed by atoms with Crippen molar-refractivity contribution >= 4 is 5.97 Å². The van der Waals surface area contributed by atoms with Crippen LogP contribution in [-0.4, -0.2) is 17.7 Å². The summed E-state index contributed by atoms with van der Waals surface area (Å²) in [5, 5.41) is 9.68. The van der Waals surface area contributed by atoms with Gasteiger partial charge in [0, 0.05) is 5.92 Å². The molecule has 0 aliphatic heterocycles. The first kappa shape index (κ1) is 14.3. The number of hydrogen-bond donors (Lipinski definition) is 1. The zero-order chi connectivity index (χ0) is 13.7. The van der Waals surface area contributed by atoms with E-state index in [2.05, 4.69) is 6.58 Å². The summed E-state index contributed by atoms with van der Waals surface area (Å²) in [6.07, 6.45) is 6.63. The molecule has 3 nitrogen and oxygen atoms in total. The van der Waals surface area contributed by atoms with Gasteiger partial charge in [-0.15, -0.1) is 0 Å². The maximum absolute atomic E-state index is 11.7. The first-order valence-electron chi connectivity index (χ1n) is 6.09. The molecular formula is C15H20O3. The number of esters is 1. The zero-order valence-electron chi connectivity index (χ0n) is 11.1. The maximum Gasteiger partial charge on any atom is 0.337 e. The van der Waals surface area contributed by atoms with E-state index in [1.54, 1.807) is 19.1 Å². The lowest BCUT2D eigenvalue weighted by Crippen LogP contribution is -2.12. The summed E-state index contributed by atoms with van der Waals surface area (Å²) in [4.78, 5) is 11.7. The Morgan fingerprint density at radius 2 is 2.17 bits per heavy atom. The highest BCUT2D eigenvalue weighted by atomic mass is 16.5. The van der Waals surface area contributed by atoms with Gasteiger partial charge >= 0.3 is 5.97 Å². The van der Waals surface area contributed by atoms with E-state index < -0.39 is 0 Å². The van der Waals surface area contributed by atoms with E-state index in [1.807, 2.05) is 19.9 Å². The average molecular weight is 248 g/mol. The van der Waals surface area contributed by atoms with E-state index in [-0.39, 0.29) is 23.6 Å². The Hall–Kier alpha value is -1.77. The fraction of sp³-hybridized carbons (Fsp3) is 0.400. The molecule has 1 N–H and O–H groups in total. The predicted octanol–water partition coefficient (Wildman–Crippen LogP) is 3.32. The highest BCUT2D eigenvalue weighted by Crippen LogP contribution is 2.26. The molecule has 2 atom stereocenters. The van der Waals surface area contributed by atoms with Crippen molar-refractivity contribution in [3.63, 3.8) is 0 Å². The van der Waals surface area contributed by atoms with Crippen molar-refractivity contribution in [2.45, 2.75) is 20.8 Å². The summed E-state index contributed by atoms with van der Waals surface area (Å²) < 4.78 is 4.98. The zero-order valence-corrected chi connectivity index (χ0v) is 11.1. The van der Waals surface area contributed by atoms with Gasteiger partial charge in [-0.3, -0.25) is 0 Å². The van der Waals surface area contributed by atoms with Gasteiger partial charge in [0.25, 0.3) is 0 Å². The highest BCUT2D eigenvalue weighted by Gasteiger charge is 2.19. The van der Waals surface area contributed by atoms with Crippen molar-refractivity contribution in [1.82, 2.24) is 0 Å². The van der Waals surface area contributed by atoms with Gasteiger partial charge in [-0.1, -0.05) is 25.2 Å². The van der Waals surface area contributed by atoms with E-state index in [4.69, 9.17) is 4.74 Å². The van der Waals surface area contributed by atoms with Crippen LogP contribution < -0.4 is 0 Å². The molecule has 1 aliphatic rings. The number of carbonyl (C=O) groups excluding carboxylic acids is 1. The Labute approximate surface area is 108 Å². The molecule has 0 spiro atoms. The van der Waals surface area contributed by atoms with E-state index in [0.29, 0.717) is 12.2 Å². The number of hydrogen-bond acceptors (Lipinski definition) is 3. The van der Waals surface area contributed by atoms with Crippen LogP contribution in [0.3, 0.4) is 0 Å². The van der Waals surface area contributed by atoms with Gasteiger partial charge in [0.05, 0.1) is 12.2 Å². The second-order valence-corrected chi connectivity index (χ2v) is 4.48.